The van der Waals surface area contributed by atoms with Crippen molar-refractivity contribution < 1.29 is 13.5 Å². The van der Waals surface area contributed by atoms with E-state index in [1.807, 2.05) is 25.7 Å². The summed E-state index contributed by atoms with van der Waals surface area (Å²) in [6.45, 7) is 8.39. The Kier molecular flexibility index (Phi) is 9.27. The number of aryl methyl sites for hydroxylation is 1. The average Bonchev–Trinajstić information content (AvgIpc) is 3.16. The Labute approximate surface area is 199 Å². The molecular weight excluding hydrogens is 515 g/mol. The van der Waals surface area contributed by atoms with Crippen LogP contribution < -0.4 is 20.3 Å². The first-order valence-corrected chi connectivity index (χ1v) is 10.2. The van der Waals surface area contributed by atoms with Gasteiger partial charge in [0, 0.05) is 49.1 Å². The second-order valence-corrected chi connectivity index (χ2v) is 7.41. The standard InChI is InChI=1S/C22H29F2N5O.HI/c1-5-25-22(27-12-19-15(3)21(30-4)14(2)11-26-19)28-17-8-9-29(13-17)20-7-6-16(23)10-18(20)24;/h6-7,10-11,17H,5,8-9,12-13H2,1-4H3,(H2,25,27,28);1H. The van der Waals surface area contributed by atoms with Gasteiger partial charge >= 0.3 is 0 Å². The number of halogens is 3. The van der Waals surface area contributed by atoms with Gasteiger partial charge in [-0.15, -0.1) is 24.0 Å². The minimum Gasteiger partial charge on any atom is -0.496 e. The number of nitrogens with zero attached hydrogens (tertiary/aromatic N) is 3. The predicted molar refractivity (Wildman–Crippen MR) is 131 cm³/mol. The number of guanidine groups is 1. The quantitative estimate of drug-likeness (QED) is 0.327. The Balaban J connectivity index is 0.00000341. The Morgan fingerprint density at radius 1 is 1.32 bits per heavy atom. The third kappa shape index (κ3) is 6.18. The van der Waals surface area contributed by atoms with Gasteiger partial charge in [-0.3, -0.25) is 4.98 Å². The Morgan fingerprint density at radius 2 is 2.10 bits per heavy atom. The van der Waals surface area contributed by atoms with E-state index in [0.717, 1.165) is 41.6 Å². The lowest BCUT2D eigenvalue weighted by atomic mass is 10.1. The summed E-state index contributed by atoms with van der Waals surface area (Å²) in [6.07, 6.45) is 2.62. The van der Waals surface area contributed by atoms with Crippen molar-refractivity contribution in [2.24, 2.45) is 4.99 Å². The van der Waals surface area contributed by atoms with E-state index in [-0.39, 0.29) is 30.0 Å². The molecular formula is C22H30F2IN5O. The molecule has 0 bridgehead atoms. The maximum absolute atomic E-state index is 14.1. The Hall–Kier alpha value is -2.17. The zero-order chi connectivity index (χ0) is 21.7. The molecule has 6 nitrogen and oxygen atoms in total. The lowest BCUT2D eigenvalue weighted by molar-refractivity contribution is 0.407. The molecule has 2 aromatic rings. The number of nitrogens with one attached hydrogen (secondary N) is 2. The maximum Gasteiger partial charge on any atom is 0.191 e. The van der Waals surface area contributed by atoms with E-state index < -0.39 is 11.6 Å². The molecule has 170 valence electrons. The predicted octanol–water partition coefficient (Wildman–Crippen LogP) is 3.94. The van der Waals surface area contributed by atoms with E-state index in [1.54, 1.807) is 13.3 Å². The monoisotopic (exact) mass is 545 g/mol. The molecule has 0 spiro atoms. The number of benzene rings is 1. The first kappa shape index (κ1) is 25.1. The molecule has 0 aliphatic carbocycles. The highest BCUT2D eigenvalue weighted by atomic mass is 127. The lowest BCUT2D eigenvalue weighted by Gasteiger charge is -2.21. The van der Waals surface area contributed by atoms with Crippen molar-refractivity contribution in [2.45, 2.75) is 39.8 Å². The molecule has 1 aliphatic rings. The van der Waals surface area contributed by atoms with Gasteiger partial charge in [0.15, 0.2) is 5.96 Å². The van der Waals surface area contributed by atoms with Gasteiger partial charge in [-0.25, -0.2) is 13.8 Å². The van der Waals surface area contributed by atoms with Crippen LogP contribution in [0.2, 0.25) is 0 Å². The molecule has 2 N–H and O–H groups in total. The number of ether oxygens (including phenoxy) is 1. The normalized spacial score (nSPS) is 16.1. The van der Waals surface area contributed by atoms with Gasteiger partial charge in [0.2, 0.25) is 0 Å². The van der Waals surface area contributed by atoms with E-state index in [4.69, 9.17) is 4.74 Å². The minimum absolute atomic E-state index is 0. The van der Waals surface area contributed by atoms with E-state index in [0.29, 0.717) is 31.3 Å². The molecule has 9 heteroatoms. The zero-order valence-corrected chi connectivity index (χ0v) is 20.7. The van der Waals surface area contributed by atoms with E-state index in [2.05, 4.69) is 20.6 Å². The molecule has 1 aromatic heterocycles. The molecule has 0 saturated carbocycles. The van der Waals surface area contributed by atoms with Crippen LogP contribution in [0.1, 0.15) is 30.2 Å². The van der Waals surface area contributed by atoms with Crippen LogP contribution in [-0.2, 0) is 6.54 Å². The van der Waals surface area contributed by atoms with Crippen LogP contribution in [0.15, 0.2) is 29.4 Å². The fraction of sp³-hybridized carbons (Fsp3) is 0.455. The van der Waals surface area contributed by atoms with Crippen molar-refractivity contribution in [2.75, 3.05) is 31.6 Å². The summed E-state index contributed by atoms with van der Waals surface area (Å²) >= 11 is 0. The molecule has 3 rings (SSSR count). The molecule has 31 heavy (non-hydrogen) atoms. The third-order valence-corrected chi connectivity index (χ3v) is 5.26. The van der Waals surface area contributed by atoms with E-state index >= 15 is 0 Å². The van der Waals surface area contributed by atoms with Crippen molar-refractivity contribution in [3.63, 3.8) is 0 Å². The smallest absolute Gasteiger partial charge is 0.191 e. The minimum atomic E-state index is -0.566. The van der Waals surface area contributed by atoms with Crippen molar-refractivity contribution >= 4 is 35.6 Å². The summed E-state index contributed by atoms with van der Waals surface area (Å²) in [7, 11) is 1.66. The average molecular weight is 545 g/mol. The van der Waals surface area contributed by atoms with Crippen LogP contribution in [-0.4, -0.2) is 43.7 Å². The van der Waals surface area contributed by atoms with Gasteiger partial charge in [-0.05, 0) is 39.3 Å². The van der Waals surface area contributed by atoms with E-state index in [1.165, 1.54) is 12.1 Å². The highest BCUT2D eigenvalue weighted by Crippen LogP contribution is 2.25. The summed E-state index contributed by atoms with van der Waals surface area (Å²) in [5.41, 5.74) is 3.26. The fourth-order valence-corrected chi connectivity index (χ4v) is 3.73. The zero-order valence-electron chi connectivity index (χ0n) is 18.3. The first-order valence-electron chi connectivity index (χ1n) is 10.2. The van der Waals surface area contributed by atoms with Crippen LogP contribution in [0.3, 0.4) is 0 Å². The summed E-state index contributed by atoms with van der Waals surface area (Å²) in [6, 6.07) is 3.81. The van der Waals surface area contributed by atoms with Crippen LogP contribution in [0.25, 0.3) is 0 Å². The maximum atomic E-state index is 14.1. The first-order chi connectivity index (χ1) is 14.4. The highest BCUT2D eigenvalue weighted by Gasteiger charge is 2.25. The number of rotatable bonds is 6. The van der Waals surface area contributed by atoms with Crippen molar-refractivity contribution in [1.29, 1.82) is 0 Å². The second-order valence-electron chi connectivity index (χ2n) is 7.41. The van der Waals surface area contributed by atoms with Gasteiger partial charge in [-0.2, -0.15) is 0 Å². The summed E-state index contributed by atoms with van der Waals surface area (Å²) in [4.78, 5) is 11.1. The molecule has 0 amide bonds. The molecule has 1 unspecified atom stereocenters. The summed E-state index contributed by atoms with van der Waals surface area (Å²) in [5.74, 6) is 0.417. The number of aromatic nitrogens is 1. The number of aliphatic imine (C=N–C) groups is 1. The number of hydrogen-bond donors (Lipinski definition) is 2. The molecule has 1 aromatic carbocycles. The van der Waals surface area contributed by atoms with Crippen LogP contribution in [0, 0.1) is 25.5 Å². The third-order valence-electron chi connectivity index (χ3n) is 5.26. The summed E-state index contributed by atoms with van der Waals surface area (Å²) in [5, 5.41) is 6.67. The molecule has 1 aliphatic heterocycles. The largest absolute Gasteiger partial charge is 0.496 e. The highest BCUT2D eigenvalue weighted by molar-refractivity contribution is 14.0. The van der Waals surface area contributed by atoms with Crippen LogP contribution in [0.4, 0.5) is 14.5 Å². The molecule has 2 heterocycles. The van der Waals surface area contributed by atoms with Gasteiger partial charge < -0.3 is 20.3 Å². The van der Waals surface area contributed by atoms with Crippen molar-refractivity contribution in [1.82, 2.24) is 15.6 Å². The molecule has 0 radical (unpaired) electrons. The van der Waals surface area contributed by atoms with Crippen molar-refractivity contribution in [3.05, 3.63) is 52.9 Å². The second kappa shape index (κ2) is 11.4. The lowest BCUT2D eigenvalue weighted by Crippen LogP contribution is -2.44. The molecule has 1 saturated heterocycles. The van der Waals surface area contributed by atoms with Gasteiger partial charge in [-0.1, -0.05) is 0 Å². The number of anilines is 1. The SMILES string of the molecule is CCNC(=NCc1ncc(C)c(OC)c1C)NC1CCN(c2ccc(F)cc2F)C1.I. The van der Waals surface area contributed by atoms with Crippen molar-refractivity contribution in [3.8, 4) is 5.75 Å². The van der Waals surface area contributed by atoms with Crippen LogP contribution in [0.5, 0.6) is 5.75 Å². The molecule has 1 fully saturated rings. The van der Waals surface area contributed by atoms with Crippen LogP contribution >= 0.6 is 24.0 Å². The number of pyridine rings is 1. The van der Waals surface area contributed by atoms with Gasteiger partial charge in [0.25, 0.3) is 0 Å². The fourth-order valence-electron chi connectivity index (χ4n) is 3.73. The summed E-state index contributed by atoms with van der Waals surface area (Å²) < 4.78 is 32.7. The van der Waals surface area contributed by atoms with Gasteiger partial charge in [0.1, 0.15) is 17.4 Å². The Morgan fingerprint density at radius 3 is 2.77 bits per heavy atom. The number of hydrogen-bond acceptors (Lipinski definition) is 4. The van der Waals surface area contributed by atoms with E-state index in [9.17, 15) is 8.78 Å². The van der Waals surface area contributed by atoms with Gasteiger partial charge in [0.05, 0.1) is 25.0 Å². The molecule has 1 atom stereocenters. The topological polar surface area (TPSA) is 61.8 Å². The number of methoxy groups -OCH3 is 1. The Bertz CT molecular complexity index is 925.